The van der Waals surface area contributed by atoms with Crippen LogP contribution in [0.25, 0.3) is 0 Å². The average Bonchev–Trinajstić information content (AvgIpc) is 3.21. The third kappa shape index (κ3) is 4.71. The largest absolute Gasteiger partial charge is 0.504 e. The number of anilines is 1. The second-order valence-corrected chi connectivity index (χ2v) is 10.9. The number of para-hydroxylation sites is 1. The molecule has 174 valence electrons. The summed E-state index contributed by atoms with van der Waals surface area (Å²) in [4.78, 5) is -0.264. The summed E-state index contributed by atoms with van der Waals surface area (Å²) in [6, 6.07) is 5.93. The molecule has 32 heavy (non-hydrogen) atoms. The number of amidine groups is 2. The van der Waals surface area contributed by atoms with E-state index in [2.05, 4.69) is 19.4 Å². The van der Waals surface area contributed by atoms with E-state index >= 15 is 0 Å². The third-order valence-electron chi connectivity index (χ3n) is 5.02. The Kier molecular flexibility index (Phi) is 6.77. The van der Waals surface area contributed by atoms with Crippen LogP contribution >= 0.6 is 0 Å². The molecule has 2 heterocycles. The molecule has 1 aliphatic heterocycles. The number of phenols is 1. The number of hydrogen-bond acceptors (Lipinski definition) is 7. The standard InChI is InChI=1S/C20H27N5O5S2/c1-11(2)17(15-10-12(3)13(4)30-15)22-20-19(23-31(27)24-20)21-14-8-7-9-16(18(14)26)32(28,29)25(5)6/h7-11,17,26H,1-6H3,(H,21,23)(H,22,24)/t17-,31?/m1/s1. The van der Waals surface area contributed by atoms with E-state index in [1.807, 2.05) is 33.8 Å². The average molecular weight is 482 g/mol. The number of phenolic OH excluding ortho intramolecular Hbond substituents is 1. The first kappa shape index (κ1) is 24.0. The molecule has 0 spiro atoms. The number of hydrogen-bond donors (Lipinski definition) is 3. The summed E-state index contributed by atoms with van der Waals surface area (Å²) in [5, 5.41) is 16.7. The topological polar surface area (TPSA) is 137 Å². The van der Waals surface area contributed by atoms with Crippen molar-refractivity contribution >= 4 is 38.6 Å². The van der Waals surface area contributed by atoms with E-state index in [4.69, 9.17) is 4.42 Å². The predicted molar refractivity (Wildman–Crippen MR) is 125 cm³/mol. The number of benzene rings is 1. The Morgan fingerprint density at radius 3 is 2.38 bits per heavy atom. The number of aromatic hydroxyl groups is 1. The van der Waals surface area contributed by atoms with Gasteiger partial charge >= 0.3 is 0 Å². The fourth-order valence-corrected chi connectivity index (χ4v) is 4.69. The van der Waals surface area contributed by atoms with Gasteiger partial charge in [-0.2, -0.15) is 0 Å². The number of nitrogens with one attached hydrogen (secondary N) is 2. The Morgan fingerprint density at radius 2 is 1.81 bits per heavy atom. The highest BCUT2D eigenvalue weighted by Crippen LogP contribution is 2.33. The van der Waals surface area contributed by atoms with Gasteiger partial charge in [0.25, 0.3) is 11.2 Å². The van der Waals surface area contributed by atoms with Crippen molar-refractivity contribution in [2.45, 2.75) is 38.6 Å². The number of aryl methyl sites for hydroxylation is 2. The van der Waals surface area contributed by atoms with Crippen LogP contribution in [0.3, 0.4) is 0 Å². The molecule has 2 aromatic rings. The van der Waals surface area contributed by atoms with Gasteiger partial charge in [0.1, 0.15) is 16.4 Å². The molecule has 12 heteroatoms. The maximum Gasteiger partial charge on any atom is 0.269 e. The Hall–Kier alpha value is -2.70. The lowest BCUT2D eigenvalue weighted by Gasteiger charge is -2.22. The van der Waals surface area contributed by atoms with Crippen LogP contribution in [-0.4, -0.2) is 47.8 Å². The number of rotatable bonds is 6. The maximum atomic E-state index is 12.5. The molecule has 1 unspecified atom stereocenters. The molecule has 0 bridgehead atoms. The molecule has 1 aromatic carbocycles. The molecular formula is C20H27N5O5S2. The van der Waals surface area contributed by atoms with Crippen LogP contribution in [0, 0.1) is 19.8 Å². The third-order valence-corrected chi connectivity index (χ3v) is 7.55. The summed E-state index contributed by atoms with van der Waals surface area (Å²) in [7, 11) is -1.13. The molecule has 3 N–H and O–H groups in total. The Bertz CT molecular complexity index is 1200. The van der Waals surface area contributed by atoms with Gasteiger partial charge in [-0.15, -0.1) is 8.80 Å². The highest BCUT2D eigenvalue weighted by molar-refractivity contribution is 7.89. The van der Waals surface area contributed by atoms with E-state index in [1.54, 1.807) is 0 Å². The second-order valence-electron chi connectivity index (χ2n) is 7.93. The van der Waals surface area contributed by atoms with E-state index in [0.29, 0.717) is 5.76 Å². The normalized spacial score (nSPS) is 17.4. The van der Waals surface area contributed by atoms with Crippen molar-refractivity contribution < 1.29 is 22.2 Å². The molecule has 3 rings (SSSR count). The van der Waals surface area contributed by atoms with Gasteiger partial charge in [-0.05, 0) is 43.5 Å². The van der Waals surface area contributed by atoms with Crippen LogP contribution in [0.1, 0.15) is 37.0 Å². The summed E-state index contributed by atoms with van der Waals surface area (Å²) >= 11 is -1.87. The molecule has 10 nitrogen and oxygen atoms in total. The minimum Gasteiger partial charge on any atom is -0.504 e. The van der Waals surface area contributed by atoms with Crippen molar-refractivity contribution in [1.82, 2.24) is 9.62 Å². The van der Waals surface area contributed by atoms with Gasteiger partial charge in [0.2, 0.25) is 10.0 Å². The van der Waals surface area contributed by atoms with Crippen LogP contribution < -0.4 is 10.6 Å². The number of sulfonamides is 1. The van der Waals surface area contributed by atoms with Crippen molar-refractivity contribution in [2.24, 2.45) is 14.7 Å². The lowest BCUT2D eigenvalue weighted by atomic mass is 10.0. The smallest absolute Gasteiger partial charge is 0.269 e. The van der Waals surface area contributed by atoms with Crippen LogP contribution in [0.4, 0.5) is 5.69 Å². The summed E-state index contributed by atoms with van der Waals surface area (Å²) in [5.74, 6) is 1.47. The molecule has 0 amide bonds. The number of nitrogens with zero attached hydrogens (tertiary/aromatic N) is 3. The minimum absolute atomic E-state index is 0.0888. The first-order chi connectivity index (χ1) is 14.9. The summed E-state index contributed by atoms with van der Waals surface area (Å²) in [6.45, 7) is 7.84. The van der Waals surface area contributed by atoms with Crippen LogP contribution in [0.2, 0.25) is 0 Å². The van der Waals surface area contributed by atoms with Crippen LogP contribution in [-0.2, 0) is 21.2 Å². The Labute approximate surface area is 190 Å². The van der Waals surface area contributed by atoms with Gasteiger partial charge in [0.05, 0.1) is 11.7 Å². The van der Waals surface area contributed by atoms with Gasteiger partial charge in [-0.1, -0.05) is 19.9 Å². The summed E-state index contributed by atoms with van der Waals surface area (Å²) < 4.78 is 51.9. The van der Waals surface area contributed by atoms with E-state index in [1.165, 1.54) is 32.3 Å². The maximum absolute atomic E-state index is 12.5. The lowest BCUT2D eigenvalue weighted by Crippen LogP contribution is -2.38. The van der Waals surface area contributed by atoms with Gasteiger partial charge in [-0.25, -0.2) is 16.9 Å². The molecule has 0 saturated heterocycles. The Morgan fingerprint density at radius 1 is 1.16 bits per heavy atom. The molecule has 1 aliphatic rings. The lowest BCUT2D eigenvalue weighted by molar-refractivity contribution is 0.369. The summed E-state index contributed by atoms with van der Waals surface area (Å²) in [5.41, 5.74) is 1.10. The first-order valence-corrected chi connectivity index (χ1v) is 12.4. The molecule has 0 radical (unpaired) electrons. The zero-order valence-corrected chi connectivity index (χ0v) is 20.3. The minimum atomic E-state index is -3.87. The highest BCUT2D eigenvalue weighted by Gasteiger charge is 2.29. The predicted octanol–water partition coefficient (Wildman–Crippen LogP) is 2.64. The second kappa shape index (κ2) is 9.04. The van der Waals surface area contributed by atoms with Crippen LogP contribution in [0.15, 0.2) is 42.4 Å². The molecule has 2 atom stereocenters. The van der Waals surface area contributed by atoms with Crippen molar-refractivity contribution in [3.8, 4) is 5.75 Å². The monoisotopic (exact) mass is 481 g/mol. The zero-order chi connectivity index (χ0) is 23.8. The van der Waals surface area contributed by atoms with Crippen LogP contribution in [0.5, 0.6) is 5.75 Å². The zero-order valence-electron chi connectivity index (χ0n) is 18.7. The van der Waals surface area contributed by atoms with Crippen molar-refractivity contribution in [3.63, 3.8) is 0 Å². The van der Waals surface area contributed by atoms with Crippen molar-refractivity contribution in [3.05, 3.63) is 41.3 Å². The molecule has 0 aliphatic carbocycles. The fourth-order valence-electron chi connectivity index (χ4n) is 3.06. The molecule has 1 aromatic heterocycles. The number of furan rings is 1. The first-order valence-electron chi connectivity index (χ1n) is 9.86. The Balaban J connectivity index is 1.90. The van der Waals surface area contributed by atoms with Gasteiger partial charge < -0.3 is 20.2 Å². The van der Waals surface area contributed by atoms with Gasteiger partial charge in [-0.3, -0.25) is 0 Å². The molecular weight excluding hydrogens is 454 g/mol. The van der Waals surface area contributed by atoms with E-state index in [-0.39, 0.29) is 34.2 Å². The van der Waals surface area contributed by atoms with Gasteiger partial charge in [0, 0.05) is 14.1 Å². The van der Waals surface area contributed by atoms with E-state index in [9.17, 15) is 17.7 Å². The molecule has 0 saturated carbocycles. The van der Waals surface area contributed by atoms with Crippen molar-refractivity contribution in [1.29, 1.82) is 0 Å². The van der Waals surface area contributed by atoms with E-state index < -0.39 is 26.9 Å². The summed E-state index contributed by atoms with van der Waals surface area (Å²) in [6.07, 6.45) is 0. The molecule has 0 fully saturated rings. The van der Waals surface area contributed by atoms with E-state index in [0.717, 1.165) is 15.6 Å². The quantitative estimate of drug-likeness (QED) is 0.540. The van der Waals surface area contributed by atoms with Gasteiger partial charge in [0.15, 0.2) is 17.4 Å². The fraction of sp³-hybridized carbons (Fsp3) is 0.400. The SMILES string of the molecule is Cc1cc([C@H](NC2=NS(=O)N=C2Nc2cccc(S(=O)(=O)N(C)C)c2O)C(C)C)oc1C. The van der Waals surface area contributed by atoms with Crippen molar-refractivity contribution in [2.75, 3.05) is 19.4 Å². The highest BCUT2D eigenvalue weighted by atomic mass is 32.2.